The van der Waals surface area contributed by atoms with E-state index in [4.69, 9.17) is 0 Å². The number of amides is 2. The summed E-state index contributed by atoms with van der Waals surface area (Å²) in [6, 6.07) is 3.74. The first-order valence-electron chi connectivity index (χ1n) is 6.67. The van der Waals surface area contributed by atoms with E-state index in [0.717, 1.165) is 6.42 Å². The van der Waals surface area contributed by atoms with E-state index in [9.17, 15) is 9.59 Å². The molecule has 0 aliphatic heterocycles. The average molecular weight is 323 g/mol. The lowest BCUT2D eigenvalue weighted by Gasteiger charge is -2.10. The Hall–Kier alpha value is -1.73. The van der Waals surface area contributed by atoms with Crippen LogP contribution in [0, 0.1) is 0 Å². The van der Waals surface area contributed by atoms with Gasteiger partial charge in [-0.25, -0.2) is 4.98 Å². The van der Waals surface area contributed by atoms with Crippen LogP contribution in [0.1, 0.15) is 35.6 Å². The summed E-state index contributed by atoms with van der Waals surface area (Å²) in [5.41, 5.74) is 0.669. The van der Waals surface area contributed by atoms with Crippen molar-refractivity contribution in [3.63, 3.8) is 0 Å². The van der Waals surface area contributed by atoms with Crippen LogP contribution in [0.15, 0.2) is 22.9 Å². The van der Waals surface area contributed by atoms with Crippen LogP contribution in [-0.4, -0.2) is 22.8 Å². The third-order valence-electron chi connectivity index (χ3n) is 2.88. The summed E-state index contributed by atoms with van der Waals surface area (Å²) >= 11 is 2.70. The number of thiazole rings is 1. The molecule has 2 amide bonds. The Balaban J connectivity index is 1.89. The molecule has 0 saturated carbocycles. The number of carbonyl (C=O) groups is 2. The van der Waals surface area contributed by atoms with Gasteiger partial charge >= 0.3 is 0 Å². The molecule has 112 valence electrons. The van der Waals surface area contributed by atoms with E-state index >= 15 is 0 Å². The topological polar surface area (TPSA) is 71.1 Å². The second kappa shape index (κ2) is 7.33. The van der Waals surface area contributed by atoms with Crippen LogP contribution in [-0.2, 0) is 11.2 Å². The third kappa shape index (κ3) is 4.64. The molecule has 21 heavy (non-hydrogen) atoms. The largest absolute Gasteiger partial charge is 0.353 e. The van der Waals surface area contributed by atoms with Crippen LogP contribution >= 0.6 is 22.7 Å². The van der Waals surface area contributed by atoms with Crippen LogP contribution in [0.2, 0.25) is 0 Å². The molecule has 1 atom stereocenters. The quantitative estimate of drug-likeness (QED) is 0.858. The molecule has 2 aromatic heterocycles. The van der Waals surface area contributed by atoms with Crippen molar-refractivity contribution in [2.24, 2.45) is 0 Å². The first-order valence-corrected chi connectivity index (χ1v) is 8.43. The summed E-state index contributed by atoms with van der Waals surface area (Å²) in [4.78, 5) is 28.5. The number of anilines is 1. The van der Waals surface area contributed by atoms with Crippen molar-refractivity contribution in [2.45, 2.75) is 32.7 Å². The van der Waals surface area contributed by atoms with Crippen LogP contribution in [0.3, 0.4) is 0 Å². The van der Waals surface area contributed by atoms with Gasteiger partial charge in [-0.2, -0.15) is 0 Å². The second-order valence-corrected chi connectivity index (χ2v) is 6.43. The number of carbonyl (C=O) groups excluding carboxylic acids is 2. The third-order valence-corrected chi connectivity index (χ3v) is 4.55. The fraction of sp³-hybridized carbons (Fsp3) is 0.357. The maximum Gasteiger partial charge on any atom is 0.267 e. The summed E-state index contributed by atoms with van der Waals surface area (Å²) in [5.74, 6) is -0.222. The van der Waals surface area contributed by atoms with Crippen LogP contribution in [0.25, 0.3) is 0 Å². The highest BCUT2D eigenvalue weighted by Crippen LogP contribution is 2.18. The monoisotopic (exact) mass is 323 g/mol. The van der Waals surface area contributed by atoms with Gasteiger partial charge in [0.05, 0.1) is 17.0 Å². The van der Waals surface area contributed by atoms with E-state index in [0.29, 0.717) is 15.7 Å². The number of hydrogen-bond donors (Lipinski definition) is 2. The second-order valence-electron chi connectivity index (χ2n) is 4.63. The Morgan fingerprint density at radius 2 is 2.19 bits per heavy atom. The zero-order chi connectivity index (χ0) is 15.2. The molecule has 0 fully saturated rings. The summed E-state index contributed by atoms with van der Waals surface area (Å²) in [7, 11) is 0. The Labute approximate surface area is 131 Å². The molecule has 0 aromatic carbocycles. The standard InChI is InChI=1S/C14H17N3O2S2/c1-3-9(2)15-12(18)7-10-8-21-14(16-10)17-13(19)11-5-4-6-20-11/h4-6,8-9H,3,7H2,1-2H3,(H,15,18)(H,16,17,19). The van der Waals surface area contributed by atoms with Gasteiger partial charge in [0.1, 0.15) is 0 Å². The first-order chi connectivity index (χ1) is 10.1. The number of hydrogen-bond acceptors (Lipinski definition) is 5. The molecule has 2 aromatic rings. The van der Waals surface area contributed by atoms with Crippen LogP contribution in [0.4, 0.5) is 5.13 Å². The predicted molar refractivity (Wildman–Crippen MR) is 86.0 cm³/mol. The Morgan fingerprint density at radius 1 is 1.38 bits per heavy atom. The van der Waals surface area contributed by atoms with Crippen molar-refractivity contribution in [3.05, 3.63) is 33.5 Å². The molecule has 0 aliphatic carbocycles. The number of rotatable bonds is 6. The lowest BCUT2D eigenvalue weighted by atomic mass is 10.2. The Bertz CT molecular complexity index is 608. The first kappa shape index (κ1) is 15.7. The van der Waals surface area contributed by atoms with Gasteiger partial charge in [0.2, 0.25) is 5.91 Å². The van der Waals surface area contributed by atoms with Crippen molar-refractivity contribution < 1.29 is 9.59 Å². The predicted octanol–water partition coefficient (Wildman–Crippen LogP) is 2.91. The van der Waals surface area contributed by atoms with Gasteiger partial charge in [0, 0.05) is 11.4 Å². The minimum atomic E-state index is -0.171. The number of nitrogens with one attached hydrogen (secondary N) is 2. The van der Waals surface area contributed by atoms with Crippen molar-refractivity contribution in [1.82, 2.24) is 10.3 Å². The minimum Gasteiger partial charge on any atom is -0.353 e. The van der Waals surface area contributed by atoms with Gasteiger partial charge in [-0.05, 0) is 24.8 Å². The molecule has 1 unspecified atom stereocenters. The summed E-state index contributed by atoms with van der Waals surface area (Å²) < 4.78 is 0. The summed E-state index contributed by atoms with van der Waals surface area (Å²) in [6.07, 6.45) is 1.13. The normalized spacial score (nSPS) is 11.9. The molecule has 2 N–H and O–H groups in total. The van der Waals surface area contributed by atoms with Gasteiger partial charge in [0.25, 0.3) is 5.91 Å². The van der Waals surface area contributed by atoms with Gasteiger partial charge < -0.3 is 5.32 Å². The maximum absolute atomic E-state index is 11.9. The van der Waals surface area contributed by atoms with Gasteiger partial charge in [-0.1, -0.05) is 13.0 Å². The lowest BCUT2D eigenvalue weighted by molar-refractivity contribution is -0.121. The highest BCUT2D eigenvalue weighted by molar-refractivity contribution is 7.14. The summed E-state index contributed by atoms with van der Waals surface area (Å²) in [5, 5.41) is 9.78. The molecule has 0 saturated heterocycles. The van der Waals surface area contributed by atoms with Crippen molar-refractivity contribution >= 4 is 39.6 Å². The Kier molecular flexibility index (Phi) is 5.46. The van der Waals surface area contributed by atoms with E-state index in [-0.39, 0.29) is 24.3 Å². The highest BCUT2D eigenvalue weighted by Gasteiger charge is 2.12. The highest BCUT2D eigenvalue weighted by atomic mass is 32.1. The van der Waals surface area contributed by atoms with E-state index in [1.54, 1.807) is 11.4 Å². The molecule has 2 heterocycles. The average Bonchev–Trinajstić information content (AvgIpc) is 3.10. The van der Waals surface area contributed by atoms with Crippen LogP contribution < -0.4 is 10.6 Å². The van der Waals surface area contributed by atoms with E-state index in [1.807, 2.05) is 25.3 Å². The molecule has 7 heteroatoms. The summed E-state index contributed by atoms with van der Waals surface area (Å²) in [6.45, 7) is 3.98. The molecule has 0 spiro atoms. The van der Waals surface area contributed by atoms with Gasteiger partial charge in [-0.15, -0.1) is 22.7 Å². The van der Waals surface area contributed by atoms with Gasteiger partial charge in [-0.3, -0.25) is 14.9 Å². The fourth-order valence-corrected chi connectivity index (χ4v) is 2.93. The van der Waals surface area contributed by atoms with Gasteiger partial charge in [0.15, 0.2) is 5.13 Å². The smallest absolute Gasteiger partial charge is 0.267 e. The SMILES string of the molecule is CCC(C)NC(=O)Cc1csc(NC(=O)c2cccs2)n1. The number of thiophene rings is 1. The molecule has 0 bridgehead atoms. The molecule has 5 nitrogen and oxygen atoms in total. The van der Waals surface area contributed by atoms with Crippen LogP contribution in [0.5, 0.6) is 0 Å². The molecule has 0 radical (unpaired) electrons. The molecule has 0 aliphatic rings. The lowest BCUT2D eigenvalue weighted by Crippen LogP contribution is -2.33. The molecular weight excluding hydrogens is 306 g/mol. The Morgan fingerprint density at radius 3 is 2.86 bits per heavy atom. The zero-order valence-corrected chi connectivity index (χ0v) is 13.5. The van der Waals surface area contributed by atoms with Crippen molar-refractivity contribution in [2.75, 3.05) is 5.32 Å². The fourth-order valence-electron chi connectivity index (χ4n) is 1.60. The molecule has 2 rings (SSSR count). The van der Waals surface area contributed by atoms with Crippen molar-refractivity contribution in [3.8, 4) is 0 Å². The van der Waals surface area contributed by atoms with Crippen molar-refractivity contribution in [1.29, 1.82) is 0 Å². The molecular formula is C14H17N3O2S2. The van der Waals surface area contributed by atoms with E-state index < -0.39 is 0 Å². The van der Waals surface area contributed by atoms with E-state index in [1.165, 1.54) is 22.7 Å². The minimum absolute atomic E-state index is 0.0502. The van der Waals surface area contributed by atoms with E-state index in [2.05, 4.69) is 15.6 Å². The number of nitrogens with zero attached hydrogens (tertiary/aromatic N) is 1. The number of aromatic nitrogens is 1. The zero-order valence-electron chi connectivity index (χ0n) is 11.9. The maximum atomic E-state index is 11.9.